The van der Waals surface area contributed by atoms with Gasteiger partial charge in [0.05, 0.1) is 27.9 Å². The van der Waals surface area contributed by atoms with Gasteiger partial charge in [-0.05, 0) is 207 Å². The molecular weight excluding hydrogens is 1990 g/mol. The third kappa shape index (κ3) is 29.6. The van der Waals surface area contributed by atoms with Gasteiger partial charge in [0.2, 0.25) is 17.7 Å². The van der Waals surface area contributed by atoms with Crippen molar-refractivity contribution >= 4 is 180 Å². The summed E-state index contributed by atoms with van der Waals surface area (Å²) in [6.07, 6.45) is 6.13. The van der Waals surface area contributed by atoms with Crippen molar-refractivity contribution in [3.63, 3.8) is 0 Å². The maximum absolute atomic E-state index is 13.2. The summed E-state index contributed by atoms with van der Waals surface area (Å²) in [6, 6.07) is 42.2. The van der Waals surface area contributed by atoms with Crippen LogP contribution in [0.1, 0.15) is 205 Å². The second-order valence-corrected chi connectivity index (χ2v) is 38.1. The molecular formula is C91H113Cl4IN15O12PdSY-. The van der Waals surface area contributed by atoms with Gasteiger partial charge in [0.15, 0.2) is 9.27 Å². The molecule has 4 saturated heterocycles. The van der Waals surface area contributed by atoms with Crippen LogP contribution in [0, 0.1) is 6.92 Å². The van der Waals surface area contributed by atoms with Gasteiger partial charge in [-0.25, -0.2) is 48.7 Å². The monoisotopic (exact) mass is 2100 g/mol. The molecule has 4 aliphatic rings. The Morgan fingerprint density at radius 1 is 0.492 bits per heavy atom. The first-order valence-electron chi connectivity index (χ1n) is 39.0. The standard InChI is InChI=1S/C23H28N4O4.C23H28N4O3.C21H24ClN3O2.C15H20N2O2.C6H5ClN.C2H5NO.CCl2S.HI.Pd.Y.H2/c1-15(28)24-19-13-16(11-12-26(19)31)14-25-21(30)27(20(29)23(25,5)6)18-9-7-17(8-10-18)22(2,3)4;1-15(28)25-19-13-16(11-12-24-19)14-26-21(30)27(20(29)23(26,5)6)18-9-7-17(8-10-18)22(2,3)4;1-20(2,3)15-6-8-16(9-7-15)25-18(26)21(4,5)24(19(25)27)13-14-10-11-23-17(22)12-14;1-14(2,3)10-6-8-11(9-7-10)17-12(18)15(4,5)16-13(17)19;1-5-2-3-8-6(7)4-5;1-2(3)4;2-1(3)4;;;;/h7-13,31H,14H2,1-6H3;7-13H,14H2,1-6H3,(H,24,25,28);6-12H,13H2,1-5H3;6-9H,1-5H3,(H,16,19);2-4H,1H2;1H3,(H2,3,4);;1H;;;1H/q;;;;-1;;;;;;/i;;;;;;;;;;1+1. The normalized spacial score (nSPS) is 15.5. The van der Waals surface area contributed by atoms with Gasteiger partial charge in [0.25, 0.3) is 23.6 Å². The van der Waals surface area contributed by atoms with Crippen molar-refractivity contribution in [2.24, 2.45) is 10.7 Å². The molecule has 4 aromatic heterocycles. The fraction of sp³-hybridized carbons (Fsp3) is 0.374. The summed E-state index contributed by atoms with van der Waals surface area (Å²) in [6.45, 7) is 47.5. The molecule has 15 amide bonds. The molecule has 126 heavy (non-hydrogen) atoms. The third-order valence-electron chi connectivity index (χ3n) is 19.8. The molecule has 8 heterocycles. The van der Waals surface area contributed by atoms with Crippen LogP contribution in [0.4, 0.5) is 47.7 Å². The number of nitrogens with zero attached hydrogens (tertiary/aromatic N) is 12. The average molecular weight is 2110 g/mol. The van der Waals surface area contributed by atoms with E-state index in [1.54, 1.807) is 138 Å². The number of thiocarbonyl (C=S) groups is 1. The first-order chi connectivity index (χ1) is 56.6. The Hall–Kier alpha value is -8.93. The predicted octanol–water partition coefficient (Wildman–Crippen LogP) is 18.9. The Bertz CT molecular complexity index is 5340. The van der Waals surface area contributed by atoms with Crippen LogP contribution in [0.25, 0.3) is 0 Å². The predicted molar refractivity (Wildman–Crippen MR) is 504 cm³/mol. The number of nitrogens with two attached hydrogens (primary N) is 1. The number of carbonyl (C=O) groups is 11. The molecule has 0 unspecified atom stereocenters. The quantitative estimate of drug-likeness (QED) is 0.0137. The number of pyridine rings is 4. The van der Waals surface area contributed by atoms with Gasteiger partial charge in [0, 0.05) is 114 Å². The molecule has 0 bridgehead atoms. The topological polar surface area (TPSA) is 337 Å². The smallest absolute Gasteiger partial charge is 0.332 e. The van der Waals surface area contributed by atoms with E-state index in [1.165, 1.54) is 63.1 Å². The number of aromatic nitrogens is 4. The summed E-state index contributed by atoms with van der Waals surface area (Å²) in [5.74, 6) is -1.66. The van der Waals surface area contributed by atoms with E-state index >= 15 is 0 Å². The number of nitrogens with one attached hydrogen (secondary N) is 2. The van der Waals surface area contributed by atoms with E-state index in [-0.39, 0.29) is 183 Å². The molecule has 4 fully saturated rings. The van der Waals surface area contributed by atoms with E-state index in [2.05, 4.69) is 139 Å². The fourth-order valence-electron chi connectivity index (χ4n) is 12.6. The molecule has 27 nitrogen and oxygen atoms in total. The molecule has 12 rings (SSSR count). The molecule has 0 spiro atoms. The van der Waals surface area contributed by atoms with Crippen molar-refractivity contribution in [3.8, 4) is 0 Å². The SMILES string of the molecule is CC(=O)N=c1cc(CN2C(=O)N(c3ccc(C(C)(C)C)cc3)C(=O)C2(C)C)ccn1O.CC(=O)Nc1cc(CN2C(=O)N(c3ccc(C(C)(C)C)cc3)C(=O)C2(C)C)ccn1.CC(C)(C)c1ccc(N2C(=O)N(Cc3ccnc(Cl)c3)C(C)(C)C2=O)cc1.CC(N)=O.CC1(C)NC(=O)N(c2ccc(C(C)(C)C)cc2)C1=O.I.S=C(Cl)Cl.[2HH].[CH2-]c1ccnc(Cl)c1.[Pd].[Y]. The summed E-state index contributed by atoms with van der Waals surface area (Å²) in [7, 11) is 0. The molecule has 0 atom stereocenters. The summed E-state index contributed by atoms with van der Waals surface area (Å²) in [5.41, 5.74) is 10.6. The second kappa shape index (κ2) is 45.4. The molecule has 8 aromatic rings. The zero-order valence-corrected chi connectivity index (χ0v) is 85.7. The number of hydrogen-bond acceptors (Lipinski definition) is 16. The summed E-state index contributed by atoms with van der Waals surface area (Å²) in [5, 5.41) is 16.0. The minimum atomic E-state index is -1.07. The van der Waals surface area contributed by atoms with Crippen LogP contribution >= 0.6 is 82.6 Å². The molecule has 4 aromatic carbocycles. The van der Waals surface area contributed by atoms with E-state index < -0.39 is 34.1 Å². The van der Waals surface area contributed by atoms with E-state index in [1.807, 2.05) is 84.9 Å². The maximum Gasteiger partial charge on any atom is 0.332 e. The van der Waals surface area contributed by atoms with Crippen molar-refractivity contribution in [1.29, 1.82) is 0 Å². The molecule has 679 valence electrons. The van der Waals surface area contributed by atoms with Gasteiger partial charge >= 0.3 is 24.1 Å². The van der Waals surface area contributed by atoms with E-state index in [4.69, 9.17) is 46.4 Å². The summed E-state index contributed by atoms with van der Waals surface area (Å²) in [4.78, 5) is 160. The summed E-state index contributed by atoms with van der Waals surface area (Å²) >= 11 is 25.1. The van der Waals surface area contributed by atoms with Crippen LogP contribution in [-0.2, 0) is 128 Å². The number of rotatable bonds is 11. The van der Waals surface area contributed by atoms with E-state index in [0.29, 0.717) is 44.4 Å². The molecule has 0 aliphatic carbocycles. The Morgan fingerprint density at radius 3 is 1.06 bits per heavy atom. The Morgan fingerprint density at radius 2 is 0.786 bits per heavy atom. The molecule has 4 aliphatic heterocycles. The minimum Gasteiger partial charge on any atom is -0.427 e. The number of hydrogen-bond donors (Lipinski definition) is 4. The van der Waals surface area contributed by atoms with Gasteiger partial charge in [-0.2, -0.15) is 22.2 Å². The van der Waals surface area contributed by atoms with Gasteiger partial charge in [-0.1, -0.05) is 190 Å². The van der Waals surface area contributed by atoms with Crippen molar-refractivity contribution in [2.75, 3.05) is 24.9 Å². The molecule has 0 saturated carbocycles. The number of primary amides is 1. The van der Waals surface area contributed by atoms with Gasteiger partial charge in [-0.15, -0.1) is 36.1 Å². The number of anilines is 5. The average Bonchev–Trinajstić information content (AvgIpc) is 1.60. The zero-order chi connectivity index (χ0) is 92.9. The molecule has 5 N–H and O–H groups in total. The number of imide groups is 4. The van der Waals surface area contributed by atoms with Gasteiger partial charge in [-0.3, -0.25) is 38.5 Å². The summed E-state index contributed by atoms with van der Waals surface area (Å²) < 4.78 is 0.677. The molecule has 35 heteroatoms. The van der Waals surface area contributed by atoms with Crippen LogP contribution < -0.4 is 41.5 Å². The van der Waals surface area contributed by atoms with E-state index in [9.17, 15) is 57.9 Å². The largest absolute Gasteiger partial charge is 0.427 e. The van der Waals surface area contributed by atoms with Crippen LogP contribution in [-0.4, -0.2) is 131 Å². The van der Waals surface area contributed by atoms with E-state index in [0.717, 1.165) is 38.1 Å². The van der Waals surface area contributed by atoms with Crippen LogP contribution in [0.5, 0.6) is 0 Å². The number of benzene rings is 4. The van der Waals surface area contributed by atoms with Gasteiger partial charge in [0.1, 0.15) is 33.1 Å². The van der Waals surface area contributed by atoms with Crippen molar-refractivity contribution in [1.82, 2.24) is 39.7 Å². The number of carbonyl (C=O) groups excluding carboxylic acids is 11. The first kappa shape index (κ1) is 111. The van der Waals surface area contributed by atoms with Gasteiger partial charge < -0.3 is 36.3 Å². The van der Waals surface area contributed by atoms with Crippen LogP contribution in [0.2, 0.25) is 10.3 Å². The second-order valence-electron chi connectivity index (χ2n) is 35.5. The maximum atomic E-state index is 13.2. The Balaban J connectivity index is 0.000000540. The number of amides is 15. The zero-order valence-electron chi connectivity index (χ0n) is 75.1. The van der Waals surface area contributed by atoms with Crippen molar-refractivity contribution in [2.45, 2.75) is 223 Å². The Labute approximate surface area is 821 Å². The first-order valence-corrected chi connectivity index (χ1v) is 41.0. The minimum absolute atomic E-state index is 0. The fourth-order valence-corrected chi connectivity index (χ4v) is 13.0. The third-order valence-corrected chi connectivity index (χ3v) is 20.2. The molecule has 1 radical (unpaired) electrons. The number of halogens is 5. The number of urea groups is 4. The Kier molecular flexibility index (Phi) is 40.0. The van der Waals surface area contributed by atoms with Crippen LogP contribution in [0.15, 0.2) is 175 Å². The van der Waals surface area contributed by atoms with Crippen molar-refractivity contribution < 1.29 is 113 Å². The van der Waals surface area contributed by atoms with Crippen LogP contribution in [0.3, 0.4) is 0 Å². The van der Waals surface area contributed by atoms with Crippen molar-refractivity contribution in [3.05, 3.63) is 238 Å².